The molecule has 0 aromatic heterocycles. The first-order valence-corrected chi connectivity index (χ1v) is 5.60. The third kappa shape index (κ3) is 4.18. The molecule has 0 aliphatic rings. The summed E-state index contributed by atoms with van der Waals surface area (Å²) in [5.74, 6) is 6.01. The van der Waals surface area contributed by atoms with Gasteiger partial charge in [-0.1, -0.05) is 37.8 Å². The minimum Gasteiger partial charge on any atom is -0.345 e. The van der Waals surface area contributed by atoms with E-state index in [0.29, 0.717) is 13.0 Å². The van der Waals surface area contributed by atoms with Gasteiger partial charge in [-0.2, -0.15) is 0 Å². The molecule has 0 radical (unpaired) electrons. The quantitative estimate of drug-likeness (QED) is 0.769. The number of benzene rings is 1. The van der Waals surface area contributed by atoms with Crippen molar-refractivity contribution in [3.05, 3.63) is 35.4 Å². The summed E-state index contributed by atoms with van der Waals surface area (Å²) in [6.07, 6.45) is 1.52. The second-order valence-corrected chi connectivity index (χ2v) is 3.49. The summed E-state index contributed by atoms with van der Waals surface area (Å²) < 4.78 is 0. The molecule has 0 atom stereocenters. The molecule has 0 unspecified atom stereocenters. The van der Waals surface area contributed by atoms with E-state index in [4.69, 9.17) is 0 Å². The Labute approximate surface area is 97.1 Å². The highest BCUT2D eigenvalue weighted by Gasteiger charge is 1.92. The first-order chi connectivity index (χ1) is 7.76. The van der Waals surface area contributed by atoms with Crippen LogP contribution in [0.4, 0.5) is 0 Å². The number of nitrogens with one attached hydrogen (secondary N) is 1. The Morgan fingerprint density at radius 2 is 2.19 bits per heavy atom. The molecule has 1 aromatic rings. The maximum Gasteiger partial charge on any atom is 0.220 e. The number of amides is 1. The number of hydrogen-bond acceptors (Lipinski definition) is 1. The summed E-state index contributed by atoms with van der Waals surface area (Å²) in [6, 6.07) is 8.15. The predicted octanol–water partition coefficient (Wildman–Crippen LogP) is 2.13. The van der Waals surface area contributed by atoms with Crippen molar-refractivity contribution in [2.24, 2.45) is 0 Å². The van der Waals surface area contributed by atoms with E-state index in [2.05, 4.69) is 36.2 Å². The van der Waals surface area contributed by atoms with E-state index >= 15 is 0 Å². The minimum absolute atomic E-state index is 0.0385. The summed E-state index contributed by atoms with van der Waals surface area (Å²) in [5, 5.41) is 2.72. The Bertz CT molecular complexity index is 412. The molecule has 0 bridgehead atoms. The molecule has 1 rings (SSSR count). The van der Waals surface area contributed by atoms with Gasteiger partial charge in [-0.3, -0.25) is 4.79 Å². The Hall–Kier alpha value is -1.75. The minimum atomic E-state index is 0.0385. The van der Waals surface area contributed by atoms with E-state index in [-0.39, 0.29) is 5.91 Å². The van der Waals surface area contributed by atoms with Crippen molar-refractivity contribution in [2.75, 3.05) is 6.54 Å². The van der Waals surface area contributed by atoms with Crippen molar-refractivity contribution >= 4 is 5.91 Å². The van der Waals surface area contributed by atoms with Gasteiger partial charge in [0.15, 0.2) is 0 Å². The zero-order chi connectivity index (χ0) is 11.8. The van der Waals surface area contributed by atoms with Gasteiger partial charge in [0.1, 0.15) is 0 Å². The fourth-order valence-electron chi connectivity index (χ4n) is 1.28. The molecule has 16 heavy (non-hydrogen) atoms. The Kier molecular flexibility index (Phi) is 5.15. The third-order valence-electron chi connectivity index (χ3n) is 2.26. The van der Waals surface area contributed by atoms with Crippen LogP contribution < -0.4 is 5.32 Å². The SMILES string of the molecule is CCC(=O)NCC#Cc1cccc(CC)c1. The molecule has 0 heterocycles. The molecule has 1 amide bonds. The van der Waals surface area contributed by atoms with E-state index < -0.39 is 0 Å². The zero-order valence-electron chi connectivity index (χ0n) is 9.84. The van der Waals surface area contributed by atoms with Gasteiger partial charge in [0.2, 0.25) is 5.91 Å². The normalized spacial score (nSPS) is 9.12. The van der Waals surface area contributed by atoms with Crippen molar-refractivity contribution in [1.82, 2.24) is 5.32 Å². The average Bonchev–Trinajstić information content (AvgIpc) is 2.34. The second-order valence-electron chi connectivity index (χ2n) is 3.49. The lowest BCUT2D eigenvalue weighted by Gasteiger charge is -1.97. The molecule has 2 nitrogen and oxygen atoms in total. The molecular formula is C14H17NO. The van der Waals surface area contributed by atoms with E-state index in [1.165, 1.54) is 5.56 Å². The van der Waals surface area contributed by atoms with Crippen LogP contribution in [0.5, 0.6) is 0 Å². The topological polar surface area (TPSA) is 29.1 Å². The van der Waals surface area contributed by atoms with Crippen LogP contribution in [0.25, 0.3) is 0 Å². The van der Waals surface area contributed by atoms with Crippen LogP contribution in [0.2, 0.25) is 0 Å². The largest absolute Gasteiger partial charge is 0.345 e. The Morgan fingerprint density at radius 3 is 2.88 bits per heavy atom. The van der Waals surface area contributed by atoms with Gasteiger partial charge in [-0.05, 0) is 24.1 Å². The molecule has 0 aliphatic carbocycles. The molecule has 2 heteroatoms. The van der Waals surface area contributed by atoms with Crippen LogP contribution in [0.15, 0.2) is 24.3 Å². The molecule has 0 aliphatic heterocycles. The van der Waals surface area contributed by atoms with Gasteiger partial charge in [0.25, 0.3) is 0 Å². The Balaban J connectivity index is 2.52. The van der Waals surface area contributed by atoms with Gasteiger partial charge in [-0.15, -0.1) is 0 Å². The molecule has 0 saturated heterocycles. The fraction of sp³-hybridized carbons (Fsp3) is 0.357. The van der Waals surface area contributed by atoms with Crippen LogP contribution in [-0.4, -0.2) is 12.5 Å². The molecule has 1 N–H and O–H groups in total. The van der Waals surface area contributed by atoms with Crippen molar-refractivity contribution in [2.45, 2.75) is 26.7 Å². The van der Waals surface area contributed by atoms with Crippen LogP contribution in [0, 0.1) is 11.8 Å². The monoisotopic (exact) mass is 215 g/mol. The zero-order valence-corrected chi connectivity index (χ0v) is 9.84. The van der Waals surface area contributed by atoms with Crippen LogP contribution in [-0.2, 0) is 11.2 Å². The number of aryl methyl sites for hydroxylation is 1. The highest BCUT2D eigenvalue weighted by molar-refractivity contribution is 5.75. The Morgan fingerprint density at radius 1 is 1.38 bits per heavy atom. The number of carbonyl (C=O) groups is 1. The summed E-state index contributed by atoms with van der Waals surface area (Å²) in [6.45, 7) is 4.37. The van der Waals surface area contributed by atoms with Gasteiger partial charge in [-0.25, -0.2) is 0 Å². The standard InChI is InChI=1S/C14H17NO/c1-3-12-7-5-8-13(11-12)9-6-10-15-14(16)4-2/h5,7-8,11H,3-4,10H2,1-2H3,(H,15,16). The number of hydrogen-bond donors (Lipinski definition) is 1. The van der Waals surface area contributed by atoms with Crippen LogP contribution >= 0.6 is 0 Å². The maximum atomic E-state index is 10.9. The lowest BCUT2D eigenvalue weighted by Crippen LogP contribution is -2.22. The molecule has 0 spiro atoms. The van der Waals surface area contributed by atoms with E-state index in [9.17, 15) is 4.79 Å². The van der Waals surface area contributed by atoms with Gasteiger partial charge >= 0.3 is 0 Å². The van der Waals surface area contributed by atoms with Crippen molar-refractivity contribution < 1.29 is 4.79 Å². The number of rotatable bonds is 3. The van der Waals surface area contributed by atoms with E-state index in [1.54, 1.807) is 0 Å². The lowest BCUT2D eigenvalue weighted by atomic mass is 10.1. The summed E-state index contributed by atoms with van der Waals surface area (Å²) in [5.41, 5.74) is 2.29. The first kappa shape index (κ1) is 12.3. The van der Waals surface area contributed by atoms with Gasteiger partial charge in [0, 0.05) is 12.0 Å². The molecule has 0 fully saturated rings. The maximum absolute atomic E-state index is 10.9. The highest BCUT2D eigenvalue weighted by atomic mass is 16.1. The molecule has 84 valence electrons. The third-order valence-corrected chi connectivity index (χ3v) is 2.26. The van der Waals surface area contributed by atoms with E-state index in [0.717, 1.165) is 12.0 Å². The summed E-state index contributed by atoms with van der Waals surface area (Å²) in [4.78, 5) is 10.9. The van der Waals surface area contributed by atoms with E-state index in [1.807, 2.05) is 19.1 Å². The van der Waals surface area contributed by atoms with Crippen molar-refractivity contribution in [3.8, 4) is 11.8 Å². The second kappa shape index (κ2) is 6.68. The first-order valence-electron chi connectivity index (χ1n) is 5.60. The molecular weight excluding hydrogens is 198 g/mol. The summed E-state index contributed by atoms with van der Waals surface area (Å²) in [7, 11) is 0. The fourth-order valence-corrected chi connectivity index (χ4v) is 1.28. The predicted molar refractivity (Wildman–Crippen MR) is 66.0 cm³/mol. The van der Waals surface area contributed by atoms with Crippen molar-refractivity contribution in [3.63, 3.8) is 0 Å². The summed E-state index contributed by atoms with van der Waals surface area (Å²) >= 11 is 0. The van der Waals surface area contributed by atoms with Crippen molar-refractivity contribution in [1.29, 1.82) is 0 Å². The molecule has 0 saturated carbocycles. The van der Waals surface area contributed by atoms with Gasteiger partial charge < -0.3 is 5.32 Å². The smallest absolute Gasteiger partial charge is 0.220 e. The molecule has 1 aromatic carbocycles. The number of carbonyl (C=O) groups excluding carboxylic acids is 1. The highest BCUT2D eigenvalue weighted by Crippen LogP contribution is 2.03. The average molecular weight is 215 g/mol. The van der Waals surface area contributed by atoms with Gasteiger partial charge in [0.05, 0.1) is 6.54 Å². The lowest BCUT2D eigenvalue weighted by molar-refractivity contribution is -0.120. The van der Waals surface area contributed by atoms with Crippen LogP contribution in [0.1, 0.15) is 31.4 Å². The van der Waals surface area contributed by atoms with Crippen LogP contribution in [0.3, 0.4) is 0 Å².